The Kier molecular flexibility index (Phi) is 3.93. The summed E-state index contributed by atoms with van der Waals surface area (Å²) in [6, 6.07) is 0. The van der Waals surface area contributed by atoms with Crippen LogP contribution in [-0.2, 0) is 19.4 Å². The van der Waals surface area contributed by atoms with E-state index in [4.69, 9.17) is 10.5 Å². The number of carbonyl (C=O) groups is 1. The van der Waals surface area contributed by atoms with Crippen LogP contribution in [0.15, 0.2) is 0 Å². The molecule has 0 heterocycles. The van der Waals surface area contributed by atoms with Crippen LogP contribution in [0.5, 0.6) is 0 Å². The van der Waals surface area contributed by atoms with E-state index in [1.807, 2.05) is 0 Å². The molecule has 0 aromatic heterocycles. The molecule has 0 aromatic rings. The minimum Gasteiger partial charge on any atom is -0.459 e. The van der Waals surface area contributed by atoms with Crippen LogP contribution in [0.2, 0.25) is 0 Å². The van der Waals surface area contributed by atoms with Gasteiger partial charge in [-0.15, -0.1) is 0 Å². The first-order valence-corrected chi connectivity index (χ1v) is 6.60. The Morgan fingerprint density at radius 3 is 1.93 bits per heavy atom. The van der Waals surface area contributed by atoms with Gasteiger partial charge in [-0.25, -0.2) is 8.42 Å². The fourth-order valence-electron chi connectivity index (χ4n) is 0.998. The fourth-order valence-corrected chi connectivity index (χ4v) is 2.21. The van der Waals surface area contributed by atoms with Crippen molar-refractivity contribution in [3.8, 4) is 0 Å². The van der Waals surface area contributed by atoms with E-state index in [0.717, 1.165) is 6.26 Å². The number of sulfone groups is 1. The Hall–Kier alpha value is -0.620. The highest BCUT2D eigenvalue weighted by Gasteiger charge is 2.36. The van der Waals surface area contributed by atoms with E-state index in [9.17, 15) is 13.2 Å². The third-order valence-corrected chi connectivity index (χ3v) is 2.55. The molecule has 1 unspecified atom stereocenters. The third kappa shape index (κ3) is 6.46. The highest BCUT2D eigenvalue weighted by Crippen LogP contribution is 2.13. The van der Waals surface area contributed by atoms with Gasteiger partial charge in [-0.05, 0) is 27.7 Å². The average Bonchev–Trinajstić information content (AvgIpc) is 1.75. The zero-order valence-corrected chi connectivity index (χ0v) is 10.6. The van der Waals surface area contributed by atoms with Gasteiger partial charge in [0, 0.05) is 6.26 Å². The number of ether oxygens (including phenoxy) is 1. The van der Waals surface area contributed by atoms with Crippen LogP contribution in [0.25, 0.3) is 0 Å². The second kappa shape index (κ2) is 4.09. The molecule has 5 nitrogen and oxygen atoms in total. The third-order valence-electron chi connectivity index (χ3n) is 1.43. The van der Waals surface area contributed by atoms with Crippen molar-refractivity contribution in [2.75, 3.05) is 12.0 Å². The van der Waals surface area contributed by atoms with Crippen LogP contribution in [0.1, 0.15) is 27.7 Å². The van der Waals surface area contributed by atoms with Crippen molar-refractivity contribution in [1.29, 1.82) is 0 Å². The maximum absolute atomic E-state index is 11.5. The van der Waals surface area contributed by atoms with Gasteiger partial charge in [0.1, 0.15) is 21.0 Å². The van der Waals surface area contributed by atoms with Crippen LogP contribution >= 0.6 is 0 Å². The lowest BCUT2D eigenvalue weighted by Crippen LogP contribution is -2.53. The van der Waals surface area contributed by atoms with Crippen molar-refractivity contribution < 1.29 is 17.9 Å². The molecular formula is C9H19NO4S. The van der Waals surface area contributed by atoms with Gasteiger partial charge in [-0.3, -0.25) is 4.79 Å². The molecule has 90 valence electrons. The van der Waals surface area contributed by atoms with Crippen molar-refractivity contribution in [2.45, 2.75) is 38.8 Å². The van der Waals surface area contributed by atoms with E-state index in [1.165, 1.54) is 6.92 Å². The van der Waals surface area contributed by atoms with Gasteiger partial charge in [0.25, 0.3) is 0 Å². The quantitative estimate of drug-likeness (QED) is 0.703. The molecule has 2 N–H and O–H groups in total. The smallest absolute Gasteiger partial charge is 0.327 e. The molecule has 0 aliphatic rings. The van der Waals surface area contributed by atoms with Crippen LogP contribution in [0.3, 0.4) is 0 Å². The van der Waals surface area contributed by atoms with Crippen LogP contribution in [0, 0.1) is 0 Å². The molecule has 0 aliphatic heterocycles. The fraction of sp³-hybridized carbons (Fsp3) is 0.889. The minimum atomic E-state index is -3.31. The van der Waals surface area contributed by atoms with Gasteiger partial charge >= 0.3 is 5.97 Å². The summed E-state index contributed by atoms with van der Waals surface area (Å²) in [5.41, 5.74) is 3.43. The number of hydrogen-bond acceptors (Lipinski definition) is 5. The van der Waals surface area contributed by atoms with E-state index in [2.05, 4.69) is 0 Å². The maximum Gasteiger partial charge on any atom is 0.327 e. The first kappa shape index (κ1) is 14.4. The average molecular weight is 237 g/mol. The predicted octanol–water partition coefficient (Wildman–Crippen LogP) is 0.0901. The van der Waals surface area contributed by atoms with Crippen molar-refractivity contribution in [3.63, 3.8) is 0 Å². The number of rotatable bonds is 3. The SMILES string of the molecule is CC(C)(C)OC(=O)C(C)(N)CS(C)(=O)=O. The lowest BCUT2D eigenvalue weighted by atomic mass is 10.1. The number of nitrogens with two attached hydrogens (primary N) is 1. The van der Waals surface area contributed by atoms with E-state index in [-0.39, 0.29) is 0 Å². The topological polar surface area (TPSA) is 86.5 Å². The van der Waals surface area contributed by atoms with Crippen LogP contribution < -0.4 is 5.73 Å². The molecule has 0 aliphatic carbocycles. The molecule has 1 atom stereocenters. The molecule has 15 heavy (non-hydrogen) atoms. The van der Waals surface area contributed by atoms with Crippen molar-refractivity contribution in [3.05, 3.63) is 0 Å². The zero-order chi connectivity index (χ0) is 12.5. The normalized spacial score (nSPS) is 16.9. The molecule has 0 saturated heterocycles. The van der Waals surface area contributed by atoms with Gasteiger partial charge in [0.15, 0.2) is 0 Å². The highest BCUT2D eigenvalue weighted by molar-refractivity contribution is 7.90. The summed E-state index contributed by atoms with van der Waals surface area (Å²) < 4.78 is 27.1. The Bertz CT molecular complexity index is 338. The maximum atomic E-state index is 11.5. The van der Waals surface area contributed by atoms with Crippen LogP contribution in [0.4, 0.5) is 0 Å². The van der Waals surface area contributed by atoms with Gasteiger partial charge in [-0.2, -0.15) is 0 Å². The van der Waals surface area contributed by atoms with Gasteiger partial charge in [0.2, 0.25) is 0 Å². The van der Waals surface area contributed by atoms with Crippen molar-refractivity contribution in [1.82, 2.24) is 0 Å². The molecular weight excluding hydrogens is 218 g/mol. The van der Waals surface area contributed by atoms with Gasteiger partial charge in [-0.1, -0.05) is 0 Å². The summed E-state index contributed by atoms with van der Waals surface area (Å²) in [6.07, 6.45) is 1.03. The summed E-state index contributed by atoms with van der Waals surface area (Å²) in [4.78, 5) is 11.5. The Labute approximate surface area is 90.9 Å². The predicted molar refractivity (Wildman–Crippen MR) is 58.1 cm³/mol. The Balaban J connectivity index is 4.68. The number of hydrogen-bond donors (Lipinski definition) is 1. The van der Waals surface area contributed by atoms with E-state index < -0.39 is 32.7 Å². The molecule has 0 saturated carbocycles. The lowest BCUT2D eigenvalue weighted by Gasteiger charge is -2.27. The molecule has 0 spiro atoms. The Morgan fingerprint density at radius 1 is 1.27 bits per heavy atom. The molecule has 6 heteroatoms. The van der Waals surface area contributed by atoms with Crippen LogP contribution in [-0.4, -0.2) is 37.5 Å². The van der Waals surface area contributed by atoms with E-state index in [0.29, 0.717) is 0 Å². The second-order valence-corrected chi connectivity index (χ2v) is 7.13. The summed E-state index contributed by atoms with van der Waals surface area (Å²) in [5, 5.41) is 0. The molecule has 0 rings (SSSR count). The highest BCUT2D eigenvalue weighted by atomic mass is 32.2. The molecule has 0 bridgehead atoms. The van der Waals surface area contributed by atoms with Gasteiger partial charge < -0.3 is 10.5 Å². The minimum absolute atomic E-state index is 0.422. The molecule has 0 fully saturated rings. The summed E-state index contributed by atoms with van der Waals surface area (Å²) >= 11 is 0. The van der Waals surface area contributed by atoms with Crippen molar-refractivity contribution >= 4 is 15.8 Å². The largest absolute Gasteiger partial charge is 0.459 e. The summed E-state index contributed by atoms with van der Waals surface area (Å²) in [6.45, 7) is 6.44. The number of esters is 1. The second-order valence-electron chi connectivity index (χ2n) is 4.99. The first-order chi connectivity index (χ1) is 6.33. The molecule has 0 amide bonds. The summed E-state index contributed by atoms with van der Waals surface area (Å²) in [7, 11) is -3.31. The molecule has 0 aromatic carbocycles. The van der Waals surface area contributed by atoms with E-state index in [1.54, 1.807) is 20.8 Å². The Morgan fingerprint density at radius 2 is 1.67 bits per heavy atom. The number of carbonyl (C=O) groups excluding carboxylic acids is 1. The zero-order valence-electron chi connectivity index (χ0n) is 9.83. The summed E-state index contributed by atoms with van der Waals surface area (Å²) in [5.74, 6) is -1.13. The lowest BCUT2D eigenvalue weighted by molar-refractivity contribution is -0.160. The molecule has 0 radical (unpaired) electrons. The first-order valence-electron chi connectivity index (χ1n) is 4.53. The van der Waals surface area contributed by atoms with Crippen molar-refractivity contribution in [2.24, 2.45) is 5.73 Å². The standard InChI is InChI=1S/C9H19NO4S/c1-8(2,3)14-7(11)9(4,10)6-15(5,12)13/h6,10H2,1-5H3. The monoisotopic (exact) mass is 237 g/mol. The van der Waals surface area contributed by atoms with E-state index >= 15 is 0 Å². The van der Waals surface area contributed by atoms with Gasteiger partial charge in [0.05, 0.1) is 5.75 Å².